The average molecular weight is 340 g/mol. The third-order valence-corrected chi connectivity index (χ3v) is 4.78. The predicted octanol–water partition coefficient (Wildman–Crippen LogP) is 5.14. The summed E-state index contributed by atoms with van der Waals surface area (Å²) in [5, 5.41) is 2.95. The van der Waals surface area contributed by atoms with Gasteiger partial charge in [-0.2, -0.15) is 0 Å². The predicted molar refractivity (Wildman–Crippen MR) is 96.8 cm³/mol. The maximum absolute atomic E-state index is 12.6. The minimum absolute atomic E-state index is 0.0651. The minimum Gasteiger partial charge on any atom is -0.351 e. The van der Waals surface area contributed by atoms with E-state index in [2.05, 4.69) is 19.2 Å². The Morgan fingerprint density at radius 2 is 1.54 bits per heavy atom. The van der Waals surface area contributed by atoms with Crippen molar-refractivity contribution in [1.29, 1.82) is 0 Å². The highest BCUT2D eigenvalue weighted by molar-refractivity contribution is 6.50. The number of carbonyl (C=O) groups is 2. The maximum Gasteiger partial charge on any atom is 0.211 e. The highest BCUT2D eigenvalue weighted by Gasteiger charge is 2.31. The Hall–Kier alpha value is -2.39. The number of carbonyl (C=O) groups excluding carboxylic acids is 2. The summed E-state index contributed by atoms with van der Waals surface area (Å²) in [5.74, 6) is -0.113. The molecule has 1 N–H and O–H groups in total. The van der Waals surface area contributed by atoms with Crippen molar-refractivity contribution in [3.8, 4) is 0 Å². The molecule has 1 aliphatic rings. The van der Waals surface area contributed by atoms with E-state index in [1.54, 1.807) is 24.3 Å². The van der Waals surface area contributed by atoms with Crippen molar-refractivity contribution in [3.63, 3.8) is 0 Å². The van der Waals surface area contributed by atoms with Crippen LogP contribution in [0.2, 0.25) is 0 Å². The van der Waals surface area contributed by atoms with Gasteiger partial charge >= 0.3 is 0 Å². The summed E-state index contributed by atoms with van der Waals surface area (Å²) in [6, 6.07) is 14.6. The van der Waals surface area contributed by atoms with E-state index in [0.717, 1.165) is 12.1 Å². The molecular weight excluding hydrogens is 322 g/mol. The van der Waals surface area contributed by atoms with Gasteiger partial charge < -0.3 is 5.32 Å². The number of nitrogens with one attached hydrogen (secondary N) is 1. The molecule has 0 saturated heterocycles. The summed E-state index contributed by atoms with van der Waals surface area (Å²) in [7, 11) is 0. The molecule has 0 aliphatic heterocycles. The maximum atomic E-state index is 12.6. The largest absolute Gasteiger partial charge is 0.351 e. The highest BCUT2D eigenvalue weighted by Crippen LogP contribution is 2.30. The Labute approximate surface area is 146 Å². The average Bonchev–Trinajstić information content (AvgIpc) is 2.63. The molecule has 3 nitrogen and oxygen atoms in total. The summed E-state index contributed by atoms with van der Waals surface area (Å²) >= 11 is 6.16. The molecule has 0 amide bonds. The third kappa shape index (κ3) is 2.87. The van der Waals surface area contributed by atoms with Gasteiger partial charge in [-0.1, -0.05) is 61.8 Å². The topological polar surface area (TPSA) is 46.2 Å². The molecular formula is C20H18ClNO2. The number of Topliss-reactive ketones (excluding diaryl/α,β-unsaturated/α-hetero) is 2. The van der Waals surface area contributed by atoms with Gasteiger partial charge in [-0.3, -0.25) is 9.59 Å². The van der Waals surface area contributed by atoms with E-state index in [1.807, 2.05) is 24.3 Å². The number of fused-ring (bicyclic) bond motifs is 1. The molecule has 0 radical (unpaired) electrons. The van der Waals surface area contributed by atoms with Crippen LogP contribution in [-0.4, -0.2) is 11.6 Å². The lowest BCUT2D eigenvalue weighted by Gasteiger charge is -2.19. The Kier molecular flexibility index (Phi) is 4.54. The number of ketones is 2. The molecule has 24 heavy (non-hydrogen) atoms. The zero-order valence-electron chi connectivity index (χ0n) is 13.6. The number of benzene rings is 2. The highest BCUT2D eigenvalue weighted by atomic mass is 35.5. The Bertz CT molecular complexity index is 837. The van der Waals surface area contributed by atoms with Gasteiger partial charge in [0.15, 0.2) is 0 Å². The van der Waals surface area contributed by atoms with E-state index in [9.17, 15) is 9.59 Å². The van der Waals surface area contributed by atoms with Gasteiger partial charge in [0.05, 0.1) is 0 Å². The zero-order valence-corrected chi connectivity index (χ0v) is 14.4. The smallest absolute Gasteiger partial charge is 0.211 e. The summed E-state index contributed by atoms with van der Waals surface area (Å²) in [6.07, 6.45) is 1.06. The molecule has 0 saturated carbocycles. The fraction of sp³-hybridized carbons (Fsp3) is 0.200. The van der Waals surface area contributed by atoms with Crippen molar-refractivity contribution in [1.82, 2.24) is 0 Å². The first-order valence-electron chi connectivity index (χ1n) is 7.98. The van der Waals surface area contributed by atoms with Crippen LogP contribution in [-0.2, 0) is 0 Å². The lowest BCUT2D eigenvalue weighted by molar-refractivity contribution is 0.0982. The van der Waals surface area contributed by atoms with Crippen LogP contribution in [0.1, 0.15) is 52.5 Å². The molecule has 0 fully saturated rings. The molecule has 0 spiro atoms. The number of hydrogen-bond donors (Lipinski definition) is 1. The van der Waals surface area contributed by atoms with Crippen LogP contribution in [0.25, 0.3) is 0 Å². The third-order valence-electron chi connectivity index (χ3n) is 4.42. The van der Waals surface area contributed by atoms with Crippen molar-refractivity contribution in [2.24, 2.45) is 0 Å². The monoisotopic (exact) mass is 339 g/mol. The quantitative estimate of drug-likeness (QED) is 0.838. The van der Waals surface area contributed by atoms with Crippen molar-refractivity contribution >= 4 is 28.9 Å². The van der Waals surface area contributed by atoms with Crippen molar-refractivity contribution in [2.75, 3.05) is 5.32 Å². The number of allylic oxidation sites excluding steroid dienone is 2. The normalized spacial score (nSPS) is 15.3. The molecule has 0 heterocycles. The Morgan fingerprint density at radius 1 is 0.958 bits per heavy atom. The standard InChI is InChI=1S/C20H18ClNO2/c1-3-12(2)13-8-10-14(11-9-13)22-18-17(21)19(23)15-6-4-5-7-16(15)20(18)24/h4-12,22H,3H2,1-2H3. The molecule has 122 valence electrons. The molecule has 1 atom stereocenters. The van der Waals surface area contributed by atoms with Crippen LogP contribution in [0, 0.1) is 0 Å². The van der Waals surface area contributed by atoms with Crippen LogP contribution in [0.15, 0.2) is 59.3 Å². The van der Waals surface area contributed by atoms with Gasteiger partial charge in [-0.25, -0.2) is 0 Å². The second-order valence-corrected chi connectivity index (χ2v) is 6.33. The number of hydrogen-bond acceptors (Lipinski definition) is 3. The molecule has 0 aromatic heterocycles. The number of rotatable bonds is 4. The molecule has 0 bridgehead atoms. The van der Waals surface area contributed by atoms with E-state index in [-0.39, 0.29) is 22.3 Å². The fourth-order valence-corrected chi connectivity index (χ4v) is 2.97. The van der Waals surface area contributed by atoms with Gasteiger partial charge in [-0.05, 0) is 30.0 Å². The zero-order chi connectivity index (χ0) is 17.3. The van der Waals surface area contributed by atoms with Crippen LogP contribution in [0.3, 0.4) is 0 Å². The summed E-state index contributed by atoms with van der Waals surface area (Å²) in [6.45, 7) is 4.31. The number of anilines is 1. The van der Waals surface area contributed by atoms with Gasteiger partial charge in [0.2, 0.25) is 11.6 Å². The Morgan fingerprint density at radius 3 is 2.12 bits per heavy atom. The van der Waals surface area contributed by atoms with Crippen LogP contribution < -0.4 is 5.32 Å². The van der Waals surface area contributed by atoms with Gasteiger partial charge in [0.1, 0.15) is 10.7 Å². The second kappa shape index (κ2) is 6.62. The first-order valence-corrected chi connectivity index (χ1v) is 8.36. The molecule has 3 rings (SSSR count). The van der Waals surface area contributed by atoms with Crippen molar-refractivity contribution in [2.45, 2.75) is 26.2 Å². The van der Waals surface area contributed by atoms with Crippen molar-refractivity contribution < 1.29 is 9.59 Å². The summed E-state index contributed by atoms with van der Waals surface area (Å²) in [4.78, 5) is 25.0. The SMILES string of the molecule is CCC(C)c1ccc(NC2=C(Cl)C(=O)c3ccccc3C2=O)cc1. The molecule has 2 aromatic rings. The summed E-state index contributed by atoms with van der Waals surface area (Å²) in [5.41, 5.74) is 2.84. The lowest BCUT2D eigenvalue weighted by Crippen LogP contribution is -2.24. The van der Waals surface area contributed by atoms with E-state index in [1.165, 1.54) is 5.56 Å². The molecule has 4 heteroatoms. The van der Waals surface area contributed by atoms with Gasteiger partial charge in [0.25, 0.3) is 0 Å². The van der Waals surface area contributed by atoms with Crippen LogP contribution in [0.5, 0.6) is 0 Å². The van der Waals surface area contributed by atoms with E-state index in [0.29, 0.717) is 17.0 Å². The van der Waals surface area contributed by atoms with Crippen LogP contribution in [0.4, 0.5) is 5.69 Å². The van der Waals surface area contributed by atoms with Gasteiger partial charge in [0, 0.05) is 16.8 Å². The fourth-order valence-electron chi connectivity index (χ4n) is 2.73. The lowest BCUT2D eigenvalue weighted by atomic mass is 9.92. The first kappa shape index (κ1) is 16.5. The van der Waals surface area contributed by atoms with E-state index < -0.39 is 0 Å². The van der Waals surface area contributed by atoms with E-state index >= 15 is 0 Å². The molecule has 1 aliphatic carbocycles. The van der Waals surface area contributed by atoms with Crippen molar-refractivity contribution in [3.05, 3.63) is 76.0 Å². The molecule has 2 aromatic carbocycles. The first-order chi connectivity index (χ1) is 11.5. The van der Waals surface area contributed by atoms with Crippen LogP contribution >= 0.6 is 11.6 Å². The van der Waals surface area contributed by atoms with Gasteiger partial charge in [-0.15, -0.1) is 0 Å². The summed E-state index contributed by atoms with van der Waals surface area (Å²) < 4.78 is 0. The number of halogens is 1. The Balaban J connectivity index is 1.91. The second-order valence-electron chi connectivity index (χ2n) is 5.95. The van der Waals surface area contributed by atoms with E-state index in [4.69, 9.17) is 11.6 Å². The molecule has 1 unspecified atom stereocenters. The minimum atomic E-state index is -0.328.